The van der Waals surface area contributed by atoms with Crippen molar-refractivity contribution in [2.45, 2.75) is 24.5 Å². The molecule has 1 heterocycles. The number of allylic oxidation sites excluding steroid dienone is 1. The van der Waals surface area contributed by atoms with Crippen LogP contribution in [0, 0.1) is 17.7 Å². The summed E-state index contributed by atoms with van der Waals surface area (Å²) in [4.78, 5) is 1.85. The van der Waals surface area contributed by atoms with E-state index in [1.807, 2.05) is 79.5 Å². The van der Waals surface area contributed by atoms with Crippen molar-refractivity contribution in [1.82, 2.24) is 0 Å². The Hall–Kier alpha value is -3.35. The van der Waals surface area contributed by atoms with Gasteiger partial charge in [0.15, 0.2) is 5.72 Å². The summed E-state index contributed by atoms with van der Waals surface area (Å²) in [6.45, 7) is 2.01. The van der Waals surface area contributed by atoms with Gasteiger partial charge in [-0.05, 0) is 53.5 Å². The quantitative estimate of drug-likeness (QED) is 0.578. The molecule has 2 unspecified atom stereocenters. The summed E-state index contributed by atoms with van der Waals surface area (Å²) in [5.74, 6) is 6.25. The fourth-order valence-corrected chi connectivity index (χ4v) is 4.99. The Morgan fingerprint density at radius 3 is 2.30 bits per heavy atom. The Balaban J connectivity index is 1.75. The van der Waals surface area contributed by atoms with Crippen LogP contribution in [0.25, 0.3) is 5.57 Å². The molecule has 0 radical (unpaired) electrons. The van der Waals surface area contributed by atoms with Gasteiger partial charge in [0.25, 0.3) is 0 Å². The summed E-state index contributed by atoms with van der Waals surface area (Å²) in [7, 11) is 1.86. The highest BCUT2D eigenvalue weighted by atomic mass is 19.1. The average Bonchev–Trinajstić information content (AvgIpc) is 3.10. The van der Waals surface area contributed by atoms with E-state index in [2.05, 4.69) is 11.8 Å². The first-order valence-corrected chi connectivity index (χ1v) is 10.1. The standard InChI is InChI=1S/C27H22FNO/c1-26-18-22(20-11-7-4-8-12-20)23(15-13-19-9-5-3-6-10-19)27(26,30)29(2)25-16-14-21(28)17-24(25)26/h3-12,14,16-17,30H,18H2,1-2H3. The van der Waals surface area contributed by atoms with Crippen molar-refractivity contribution in [3.05, 3.63) is 107 Å². The first kappa shape index (κ1) is 18.7. The van der Waals surface area contributed by atoms with Crippen molar-refractivity contribution in [3.63, 3.8) is 0 Å². The molecule has 0 saturated heterocycles. The first-order chi connectivity index (χ1) is 14.4. The molecular formula is C27H22FNO. The fourth-order valence-electron chi connectivity index (χ4n) is 4.99. The SMILES string of the molecule is CN1c2ccc(F)cc2C2(C)CC(c3ccccc3)=C(C#Cc3ccccc3)C12O. The van der Waals surface area contributed by atoms with Crippen LogP contribution in [0.5, 0.6) is 0 Å². The molecule has 3 heteroatoms. The van der Waals surface area contributed by atoms with Crippen LogP contribution < -0.4 is 4.90 Å². The Kier molecular flexibility index (Phi) is 4.10. The molecule has 0 saturated carbocycles. The predicted octanol–water partition coefficient (Wildman–Crippen LogP) is 5.13. The van der Waals surface area contributed by atoms with E-state index in [-0.39, 0.29) is 5.82 Å². The zero-order valence-electron chi connectivity index (χ0n) is 17.0. The maximum absolute atomic E-state index is 14.2. The number of halogens is 1. The topological polar surface area (TPSA) is 23.5 Å². The Bertz CT molecular complexity index is 1220. The normalized spacial score (nSPS) is 24.3. The lowest BCUT2D eigenvalue weighted by Crippen LogP contribution is -2.54. The van der Waals surface area contributed by atoms with Gasteiger partial charge >= 0.3 is 0 Å². The smallest absolute Gasteiger partial charge is 0.182 e. The molecule has 30 heavy (non-hydrogen) atoms. The van der Waals surface area contributed by atoms with Crippen molar-refractivity contribution in [2.24, 2.45) is 0 Å². The number of hydrogen-bond donors (Lipinski definition) is 1. The molecule has 2 aliphatic rings. The predicted molar refractivity (Wildman–Crippen MR) is 118 cm³/mol. The van der Waals surface area contributed by atoms with Crippen LogP contribution >= 0.6 is 0 Å². The third-order valence-electron chi connectivity index (χ3n) is 6.58. The molecule has 5 rings (SSSR count). The minimum atomic E-state index is -1.35. The molecule has 1 aliphatic carbocycles. The van der Waals surface area contributed by atoms with Crippen molar-refractivity contribution < 1.29 is 9.50 Å². The molecule has 3 aromatic rings. The number of fused-ring (bicyclic) bond motifs is 3. The molecule has 2 atom stereocenters. The molecule has 2 nitrogen and oxygen atoms in total. The van der Waals surface area contributed by atoms with E-state index in [1.165, 1.54) is 6.07 Å². The van der Waals surface area contributed by atoms with Crippen molar-refractivity contribution in [2.75, 3.05) is 11.9 Å². The summed E-state index contributed by atoms with van der Waals surface area (Å²) < 4.78 is 14.2. The number of hydrogen-bond acceptors (Lipinski definition) is 2. The second kappa shape index (κ2) is 6.58. The highest BCUT2D eigenvalue weighted by Gasteiger charge is 2.64. The highest BCUT2D eigenvalue weighted by Crippen LogP contribution is 2.61. The third-order valence-corrected chi connectivity index (χ3v) is 6.58. The Labute approximate surface area is 176 Å². The van der Waals surface area contributed by atoms with Gasteiger partial charge in [-0.2, -0.15) is 0 Å². The fraction of sp³-hybridized carbons (Fsp3) is 0.185. The molecule has 3 aromatic carbocycles. The summed E-state index contributed by atoms with van der Waals surface area (Å²) >= 11 is 0. The lowest BCUT2D eigenvalue weighted by atomic mass is 9.75. The van der Waals surface area contributed by atoms with E-state index >= 15 is 0 Å². The van der Waals surface area contributed by atoms with Gasteiger partial charge in [0.1, 0.15) is 5.82 Å². The van der Waals surface area contributed by atoms with E-state index < -0.39 is 11.1 Å². The monoisotopic (exact) mass is 395 g/mol. The number of rotatable bonds is 1. The zero-order valence-corrected chi connectivity index (χ0v) is 17.0. The molecule has 1 aliphatic heterocycles. The van der Waals surface area contributed by atoms with E-state index in [4.69, 9.17) is 0 Å². The van der Waals surface area contributed by atoms with E-state index in [9.17, 15) is 9.50 Å². The van der Waals surface area contributed by atoms with Gasteiger partial charge in [-0.1, -0.05) is 67.3 Å². The number of benzene rings is 3. The second-order valence-corrected chi connectivity index (χ2v) is 8.24. The van der Waals surface area contributed by atoms with Crippen LogP contribution in [-0.2, 0) is 5.41 Å². The number of nitrogens with zero attached hydrogens (tertiary/aromatic N) is 1. The van der Waals surface area contributed by atoms with Gasteiger partial charge in [0, 0.05) is 18.3 Å². The molecule has 0 aromatic heterocycles. The van der Waals surface area contributed by atoms with Gasteiger partial charge < -0.3 is 10.0 Å². The first-order valence-electron chi connectivity index (χ1n) is 10.1. The molecule has 0 amide bonds. The van der Waals surface area contributed by atoms with Gasteiger partial charge in [-0.3, -0.25) is 0 Å². The number of anilines is 1. The van der Waals surface area contributed by atoms with Crippen LogP contribution in [0.15, 0.2) is 84.4 Å². The van der Waals surface area contributed by atoms with Crippen LogP contribution in [0.1, 0.15) is 30.0 Å². The van der Waals surface area contributed by atoms with Crippen LogP contribution in [0.3, 0.4) is 0 Å². The molecule has 1 N–H and O–H groups in total. The number of likely N-dealkylation sites (N-methyl/N-ethyl adjacent to an activating group) is 1. The Morgan fingerprint density at radius 2 is 1.60 bits per heavy atom. The van der Waals surface area contributed by atoms with Gasteiger partial charge in [0.05, 0.1) is 11.0 Å². The molecule has 0 spiro atoms. The zero-order chi connectivity index (χ0) is 20.9. The van der Waals surface area contributed by atoms with Crippen molar-refractivity contribution in [3.8, 4) is 11.8 Å². The van der Waals surface area contributed by atoms with E-state index in [1.54, 1.807) is 12.1 Å². The molecule has 0 fully saturated rings. The minimum absolute atomic E-state index is 0.294. The summed E-state index contributed by atoms with van der Waals surface area (Å²) in [6.07, 6.45) is 0.576. The summed E-state index contributed by atoms with van der Waals surface area (Å²) in [6, 6.07) is 24.5. The molecule has 148 valence electrons. The third kappa shape index (κ3) is 2.47. The highest BCUT2D eigenvalue weighted by molar-refractivity contribution is 5.86. The maximum Gasteiger partial charge on any atom is 0.182 e. The lowest BCUT2D eigenvalue weighted by molar-refractivity contribution is 0.0309. The van der Waals surface area contributed by atoms with Crippen molar-refractivity contribution >= 4 is 11.3 Å². The number of aliphatic hydroxyl groups is 1. The maximum atomic E-state index is 14.2. The van der Waals surface area contributed by atoms with Gasteiger partial charge in [0.2, 0.25) is 0 Å². The Morgan fingerprint density at radius 1 is 0.933 bits per heavy atom. The minimum Gasteiger partial charge on any atom is -0.365 e. The largest absolute Gasteiger partial charge is 0.365 e. The molecular weight excluding hydrogens is 373 g/mol. The summed E-state index contributed by atoms with van der Waals surface area (Å²) in [5, 5.41) is 12.2. The van der Waals surface area contributed by atoms with Gasteiger partial charge in [-0.15, -0.1) is 0 Å². The lowest BCUT2D eigenvalue weighted by Gasteiger charge is -2.39. The summed E-state index contributed by atoms with van der Waals surface area (Å²) in [5.41, 5.74) is 3.21. The van der Waals surface area contributed by atoms with Crippen LogP contribution in [0.2, 0.25) is 0 Å². The van der Waals surface area contributed by atoms with Crippen LogP contribution in [0.4, 0.5) is 10.1 Å². The van der Waals surface area contributed by atoms with Crippen molar-refractivity contribution in [1.29, 1.82) is 0 Å². The second-order valence-electron chi connectivity index (χ2n) is 8.24. The van der Waals surface area contributed by atoms with Crippen LogP contribution in [-0.4, -0.2) is 17.9 Å². The van der Waals surface area contributed by atoms with E-state index in [0.29, 0.717) is 12.0 Å². The van der Waals surface area contributed by atoms with E-state index in [0.717, 1.165) is 28.0 Å². The average molecular weight is 395 g/mol. The molecule has 0 bridgehead atoms. The van der Waals surface area contributed by atoms with Gasteiger partial charge in [-0.25, -0.2) is 4.39 Å².